The highest BCUT2D eigenvalue weighted by molar-refractivity contribution is 9.09. The average molecular weight is 272 g/mol. The molecular weight excluding hydrogens is 265 g/mol. The first-order valence-electron chi connectivity index (χ1n) is 4.00. The summed E-state index contributed by atoms with van der Waals surface area (Å²) in [5.74, 6) is -0.839. The van der Waals surface area contributed by atoms with Crippen molar-refractivity contribution in [1.82, 2.24) is 0 Å². The Bertz CT molecular complexity index is 440. The standard InChI is InChI=1S/C10H7BrFNO2/c1-15-9-3-7(12)2-6(5-13)10(9)8(14)4-11/h2-3H,4H2,1H3. The van der Waals surface area contributed by atoms with Gasteiger partial charge in [0.15, 0.2) is 5.78 Å². The number of methoxy groups -OCH3 is 1. The lowest BCUT2D eigenvalue weighted by atomic mass is 10.0. The van der Waals surface area contributed by atoms with Gasteiger partial charge in [-0.15, -0.1) is 0 Å². The fourth-order valence-corrected chi connectivity index (χ4v) is 1.47. The number of benzene rings is 1. The van der Waals surface area contributed by atoms with E-state index >= 15 is 0 Å². The second-order valence-electron chi connectivity index (χ2n) is 2.70. The number of carbonyl (C=O) groups excluding carboxylic acids is 1. The van der Waals surface area contributed by atoms with Crippen LogP contribution in [0.3, 0.4) is 0 Å². The third-order valence-electron chi connectivity index (χ3n) is 1.81. The minimum atomic E-state index is -0.602. The van der Waals surface area contributed by atoms with Crippen LogP contribution in [-0.4, -0.2) is 18.2 Å². The van der Waals surface area contributed by atoms with E-state index in [1.165, 1.54) is 7.11 Å². The zero-order valence-electron chi connectivity index (χ0n) is 7.88. The summed E-state index contributed by atoms with van der Waals surface area (Å²) < 4.78 is 17.9. The fourth-order valence-electron chi connectivity index (χ4n) is 1.19. The summed E-state index contributed by atoms with van der Waals surface area (Å²) in [6.45, 7) is 0. The highest BCUT2D eigenvalue weighted by atomic mass is 79.9. The highest BCUT2D eigenvalue weighted by Gasteiger charge is 2.17. The van der Waals surface area contributed by atoms with E-state index < -0.39 is 5.82 Å². The lowest BCUT2D eigenvalue weighted by molar-refractivity contribution is 0.102. The van der Waals surface area contributed by atoms with Gasteiger partial charge < -0.3 is 4.74 Å². The number of rotatable bonds is 3. The summed E-state index contributed by atoms with van der Waals surface area (Å²) in [6, 6.07) is 3.86. The van der Waals surface area contributed by atoms with Crippen LogP contribution >= 0.6 is 15.9 Å². The van der Waals surface area contributed by atoms with Crippen LogP contribution in [0, 0.1) is 17.1 Å². The second-order valence-corrected chi connectivity index (χ2v) is 3.26. The lowest BCUT2D eigenvalue weighted by Crippen LogP contribution is -2.06. The molecule has 0 amide bonds. The van der Waals surface area contributed by atoms with Gasteiger partial charge in [0, 0.05) is 6.07 Å². The number of nitrogens with zero attached hydrogens (tertiary/aromatic N) is 1. The first-order chi connectivity index (χ1) is 7.13. The number of ether oxygens (including phenoxy) is 1. The zero-order valence-corrected chi connectivity index (χ0v) is 9.47. The normalized spacial score (nSPS) is 9.47. The monoisotopic (exact) mass is 271 g/mol. The summed E-state index contributed by atoms with van der Waals surface area (Å²) in [5, 5.41) is 8.83. The van der Waals surface area contributed by atoms with E-state index in [0.29, 0.717) is 0 Å². The van der Waals surface area contributed by atoms with Crippen molar-refractivity contribution in [2.75, 3.05) is 12.4 Å². The third kappa shape index (κ3) is 2.34. The molecule has 0 saturated carbocycles. The number of hydrogen-bond donors (Lipinski definition) is 0. The second kappa shape index (κ2) is 4.89. The molecule has 0 fully saturated rings. The largest absolute Gasteiger partial charge is 0.496 e. The molecule has 0 saturated heterocycles. The molecule has 0 N–H and O–H groups in total. The van der Waals surface area contributed by atoms with E-state index in [0.717, 1.165) is 12.1 Å². The first-order valence-corrected chi connectivity index (χ1v) is 5.13. The highest BCUT2D eigenvalue weighted by Crippen LogP contribution is 2.24. The summed E-state index contributed by atoms with van der Waals surface area (Å²) >= 11 is 2.99. The number of alkyl halides is 1. The summed E-state index contributed by atoms with van der Waals surface area (Å²) in [4.78, 5) is 11.5. The summed E-state index contributed by atoms with van der Waals surface area (Å²) in [7, 11) is 1.32. The molecule has 0 aliphatic rings. The smallest absolute Gasteiger partial charge is 0.178 e. The molecule has 0 aliphatic heterocycles. The zero-order chi connectivity index (χ0) is 11.4. The molecule has 78 valence electrons. The van der Waals surface area contributed by atoms with Gasteiger partial charge in [-0.25, -0.2) is 4.39 Å². The minimum Gasteiger partial charge on any atom is -0.496 e. The predicted octanol–water partition coefficient (Wildman–Crippen LogP) is 2.28. The van der Waals surface area contributed by atoms with E-state index in [9.17, 15) is 9.18 Å². The number of nitriles is 1. The van der Waals surface area contributed by atoms with E-state index in [4.69, 9.17) is 10.00 Å². The van der Waals surface area contributed by atoms with Gasteiger partial charge in [-0.1, -0.05) is 15.9 Å². The van der Waals surface area contributed by atoms with E-state index in [-0.39, 0.29) is 28.0 Å². The van der Waals surface area contributed by atoms with E-state index in [1.54, 1.807) is 6.07 Å². The Morgan fingerprint density at radius 1 is 1.67 bits per heavy atom. The summed E-state index contributed by atoms with van der Waals surface area (Å²) in [5.41, 5.74) is 0.0922. The maximum atomic E-state index is 13.0. The van der Waals surface area contributed by atoms with Gasteiger partial charge >= 0.3 is 0 Å². The fraction of sp³-hybridized carbons (Fsp3) is 0.200. The van der Waals surface area contributed by atoms with Crippen LogP contribution in [0.25, 0.3) is 0 Å². The van der Waals surface area contributed by atoms with Crippen molar-refractivity contribution in [1.29, 1.82) is 5.26 Å². The molecule has 1 rings (SSSR count). The Morgan fingerprint density at radius 3 is 2.80 bits per heavy atom. The Hall–Kier alpha value is -1.41. The van der Waals surface area contributed by atoms with Gasteiger partial charge in [0.05, 0.1) is 23.6 Å². The molecule has 0 heterocycles. The molecule has 0 radical (unpaired) electrons. The molecule has 0 bridgehead atoms. The lowest BCUT2D eigenvalue weighted by Gasteiger charge is -2.08. The third-order valence-corrected chi connectivity index (χ3v) is 2.32. The SMILES string of the molecule is COc1cc(F)cc(C#N)c1C(=O)CBr. The van der Waals surface area contributed by atoms with Crippen molar-refractivity contribution in [2.24, 2.45) is 0 Å². The Kier molecular flexibility index (Phi) is 3.81. The van der Waals surface area contributed by atoms with E-state index in [1.807, 2.05) is 0 Å². The molecule has 0 aromatic heterocycles. The molecule has 5 heteroatoms. The summed E-state index contributed by atoms with van der Waals surface area (Å²) in [6.07, 6.45) is 0. The van der Waals surface area contributed by atoms with Gasteiger partial charge in [-0.3, -0.25) is 4.79 Å². The molecule has 0 aliphatic carbocycles. The van der Waals surface area contributed by atoms with Gasteiger partial charge in [0.25, 0.3) is 0 Å². The molecule has 3 nitrogen and oxygen atoms in total. The topological polar surface area (TPSA) is 50.1 Å². The van der Waals surface area contributed by atoms with Crippen molar-refractivity contribution in [2.45, 2.75) is 0 Å². The predicted molar refractivity (Wildman–Crippen MR) is 55.8 cm³/mol. The number of ketones is 1. The number of hydrogen-bond acceptors (Lipinski definition) is 3. The number of Topliss-reactive ketones (excluding diaryl/α,β-unsaturated/α-hetero) is 1. The maximum absolute atomic E-state index is 13.0. The quantitative estimate of drug-likeness (QED) is 0.626. The molecular formula is C10H7BrFNO2. The van der Waals surface area contributed by atoms with Crippen LogP contribution in [0.5, 0.6) is 5.75 Å². The molecule has 0 spiro atoms. The van der Waals surface area contributed by atoms with Crippen molar-refractivity contribution in [3.63, 3.8) is 0 Å². The van der Waals surface area contributed by atoms with Crippen LogP contribution in [0.4, 0.5) is 4.39 Å². The van der Waals surface area contributed by atoms with Crippen molar-refractivity contribution in [3.8, 4) is 11.8 Å². The molecule has 1 aromatic carbocycles. The average Bonchev–Trinajstić information content (AvgIpc) is 2.26. The van der Waals surface area contributed by atoms with E-state index in [2.05, 4.69) is 15.9 Å². The molecule has 0 atom stereocenters. The Labute approximate surface area is 94.6 Å². The molecule has 0 unspecified atom stereocenters. The number of halogens is 2. The van der Waals surface area contributed by atoms with Crippen LogP contribution < -0.4 is 4.74 Å². The van der Waals surface area contributed by atoms with Crippen LogP contribution in [-0.2, 0) is 0 Å². The minimum absolute atomic E-state index is 0.0173. The number of carbonyl (C=O) groups is 1. The molecule has 15 heavy (non-hydrogen) atoms. The van der Waals surface area contributed by atoms with Gasteiger partial charge in [0.1, 0.15) is 17.6 Å². The Balaban J connectivity index is 3.45. The Morgan fingerprint density at radius 2 is 2.33 bits per heavy atom. The first kappa shape index (κ1) is 11.7. The van der Waals surface area contributed by atoms with Crippen molar-refractivity contribution < 1.29 is 13.9 Å². The maximum Gasteiger partial charge on any atom is 0.178 e. The molecule has 1 aromatic rings. The van der Waals surface area contributed by atoms with Crippen molar-refractivity contribution >= 4 is 21.7 Å². The van der Waals surface area contributed by atoms with Gasteiger partial charge in [-0.2, -0.15) is 5.26 Å². The van der Waals surface area contributed by atoms with Crippen LogP contribution in [0.15, 0.2) is 12.1 Å². The van der Waals surface area contributed by atoms with Gasteiger partial charge in [-0.05, 0) is 6.07 Å². The van der Waals surface area contributed by atoms with Crippen LogP contribution in [0.1, 0.15) is 15.9 Å². The van der Waals surface area contributed by atoms with Crippen molar-refractivity contribution in [3.05, 3.63) is 29.1 Å². The van der Waals surface area contributed by atoms with Gasteiger partial charge in [0.2, 0.25) is 0 Å². The van der Waals surface area contributed by atoms with Crippen LogP contribution in [0.2, 0.25) is 0 Å².